The van der Waals surface area contributed by atoms with Crippen molar-refractivity contribution >= 4 is 0 Å². The van der Waals surface area contributed by atoms with Crippen LogP contribution in [-0.2, 0) is 0 Å². The van der Waals surface area contributed by atoms with E-state index in [1.165, 1.54) is 0 Å². The van der Waals surface area contributed by atoms with E-state index in [9.17, 15) is 0 Å². The molecule has 0 atom stereocenters. The molecule has 0 aromatic heterocycles. The molecule has 17 heavy (non-hydrogen) atoms. The van der Waals surface area contributed by atoms with Crippen LogP contribution in [0.3, 0.4) is 0 Å². The van der Waals surface area contributed by atoms with Crippen molar-refractivity contribution < 1.29 is 72.8 Å². The van der Waals surface area contributed by atoms with Gasteiger partial charge in [-0.15, -0.1) is 0 Å². The molecular weight excluding hydrogens is 389 g/mol. The van der Waals surface area contributed by atoms with Crippen LogP contribution in [0.15, 0.2) is 0 Å². The van der Waals surface area contributed by atoms with Crippen molar-refractivity contribution in [1.29, 1.82) is 0 Å². The monoisotopic (exact) mass is 397 g/mol. The average molecular weight is 397 g/mol. The third-order valence-corrected chi connectivity index (χ3v) is 0. The minimum atomic E-state index is -1.75. The Hall–Kier alpha value is -1.37. The normalized spacial score (nSPS) is 4.24. The molecule has 0 aromatic rings. The van der Waals surface area contributed by atoms with Gasteiger partial charge in [-0.05, 0) is 0 Å². The van der Waals surface area contributed by atoms with Crippen molar-refractivity contribution in [2.45, 2.75) is 0 Å². The molecule has 0 saturated heterocycles. The molecule has 8 N–H and O–H groups in total. The summed E-state index contributed by atoms with van der Waals surface area (Å²) in [4.78, 5) is 24.8. The Labute approximate surface area is 119 Å². The summed E-state index contributed by atoms with van der Waals surface area (Å²) in [5.41, 5.74) is 0. The first-order valence-corrected chi connectivity index (χ1v) is 1.64. The molecule has 0 bridgehead atoms. The molecule has 0 aliphatic rings. The maximum absolute atomic E-state index is 8.25. The average Bonchev–Trinajstić information content (AvgIpc) is 1.54. The van der Waals surface area contributed by atoms with Gasteiger partial charge in [0.1, 0.15) is 0 Å². The maximum Gasteiger partial charge on any atom is 3.00 e. The largest absolute Gasteiger partial charge is 3.00 e. The molecule has 0 unspecified atom stereocenters. The van der Waals surface area contributed by atoms with Crippen molar-refractivity contribution in [3.63, 3.8) is 0 Å². The Kier molecular flexibility index (Phi) is 158. The van der Waals surface area contributed by atoms with Gasteiger partial charge in [0.05, 0.1) is 15.3 Å². The number of hydrogen-bond acceptors (Lipinski definition) is 9. The Balaban J connectivity index is -0.0000000104. The van der Waals surface area contributed by atoms with E-state index in [2.05, 4.69) is 0 Å². The van der Waals surface area contributed by atoms with E-state index in [0.29, 0.717) is 0 Å². The molecular formula is H8LaN3O13. The first-order valence-electron chi connectivity index (χ1n) is 1.64. The van der Waals surface area contributed by atoms with E-state index in [4.69, 9.17) is 46.0 Å². The summed E-state index contributed by atoms with van der Waals surface area (Å²) < 4.78 is 0. The van der Waals surface area contributed by atoms with Gasteiger partial charge in [-0.2, -0.15) is 0 Å². The molecule has 0 aromatic carbocycles. The van der Waals surface area contributed by atoms with Crippen LogP contribution in [0.5, 0.6) is 0 Å². The van der Waals surface area contributed by atoms with Gasteiger partial charge in [0, 0.05) is 0 Å². The second kappa shape index (κ2) is 46.7. The topological polar surface area (TPSA) is 325 Å². The first kappa shape index (κ1) is 57.4. The second-order valence-electron chi connectivity index (χ2n) is 0.671. The fourth-order valence-electron chi connectivity index (χ4n) is 0. The van der Waals surface area contributed by atoms with E-state index in [1.54, 1.807) is 0 Å². The van der Waals surface area contributed by atoms with Gasteiger partial charge in [0.15, 0.2) is 0 Å². The molecule has 0 heterocycles. The zero-order valence-corrected chi connectivity index (χ0v) is 11.2. The smallest absolute Gasteiger partial charge is 0.412 e. The summed E-state index contributed by atoms with van der Waals surface area (Å²) in [6, 6.07) is 0. The Morgan fingerprint density at radius 2 is 0.471 bits per heavy atom. The second-order valence-corrected chi connectivity index (χ2v) is 0.671. The van der Waals surface area contributed by atoms with Crippen LogP contribution in [0.2, 0.25) is 0 Å². The fourth-order valence-corrected chi connectivity index (χ4v) is 0. The molecule has 0 amide bonds. The predicted molar refractivity (Wildman–Crippen MR) is 45.5 cm³/mol. The van der Waals surface area contributed by atoms with Gasteiger partial charge >= 0.3 is 35.6 Å². The molecule has 0 fully saturated rings. The van der Waals surface area contributed by atoms with Crippen LogP contribution in [0.1, 0.15) is 0 Å². The Morgan fingerprint density at radius 1 is 0.471 bits per heavy atom. The third-order valence-electron chi connectivity index (χ3n) is 0. The Bertz CT molecular complexity index is 114. The van der Waals surface area contributed by atoms with Gasteiger partial charge in [-0.1, -0.05) is 0 Å². The van der Waals surface area contributed by atoms with Crippen LogP contribution in [-0.4, -0.2) is 37.2 Å². The molecule has 104 valence electrons. The van der Waals surface area contributed by atoms with Crippen LogP contribution in [0.25, 0.3) is 0 Å². The molecule has 0 spiro atoms. The van der Waals surface area contributed by atoms with Crippen molar-refractivity contribution in [1.82, 2.24) is 0 Å². The summed E-state index contributed by atoms with van der Waals surface area (Å²) in [5, 5.41) is 44.2. The van der Waals surface area contributed by atoms with Gasteiger partial charge in [-0.3, -0.25) is 0 Å². The van der Waals surface area contributed by atoms with E-state index in [1.807, 2.05) is 0 Å². The van der Waals surface area contributed by atoms with Crippen molar-refractivity contribution in [2.24, 2.45) is 0 Å². The fraction of sp³-hybridized carbons (Fsp3) is 0. The molecule has 17 heteroatoms. The molecule has 0 radical (unpaired) electrons. The van der Waals surface area contributed by atoms with E-state index >= 15 is 0 Å². The SMILES string of the molecule is O.O.O.O.O=[N+]([O-])[O-].O=[N+]([O-])[O-].O=[N+]([O-])[O-].[La+3]. The first-order chi connectivity index (χ1) is 5.20. The van der Waals surface area contributed by atoms with Crippen LogP contribution in [0, 0.1) is 81.6 Å². The minimum Gasteiger partial charge on any atom is -0.412 e. The summed E-state index contributed by atoms with van der Waals surface area (Å²) in [6.07, 6.45) is 0. The quantitative estimate of drug-likeness (QED) is 0.283. The van der Waals surface area contributed by atoms with Crippen LogP contribution in [0.4, 0.5) is 0 Å². The van der Waals surface area contributed by atoms with Crippen molar-refractivity contribution in [2.75, 3.05) is 0 Å². The summed E-state index contributed by atoms with van der Waals surface area (Å²) in [7, 11) is 0. The van der Waals surface area contributed by atoms with E-state index in [0.717, 1.165) is 0 Å². The zero-order valence-electron chi connectivity index (χ0n) is 7.59. The molecule has 16 nitrogen and oxygen atoms in total. The standard InChI is InChI=1S/La.3NO3.4H2O/c;3*2-1(3)4;;;;/h;;;;4*1H2/q+3;3*-1;;;;. The van der Waals surface area contributed by atoms with Crippen LogP contribution < -0.4 is 0 Å². The van der Waals surface area contributed by atoms with Gasteiger partial charge in [0.25, 0.3) is 0 Å². The van der Waals surface area contributed by atoms with Gasteiger partial charge in [-0.25, -0.2) is 0 Å². The van der Waals surface area contributed by atoms with E-state index in [-0.39, 0.29) is 57.5 Å². The predicted octanol–water partition coefficient (Wildman–Crippen LogP) is -4.02. The molecule has 0 rings (SSSR count). The van der Waals surface area contributed by atoms with Crippen molar-refractivity contribution in [3.05, 3.63) is 46.0 Å². The van der Waals surface area contributed by atoms with Crippen molar-refractivity contribution in [3.8, 4) is 0 Å². The molecule has 0 saturated carbocycles. The van der Waals surface area contributed by atoms with Gasteiger partial charge in [0.2, 0.25) is 0 Å². The number of hydrogen-bond donors (Lipinski definition) is 0. The summed E-state index contributed by atoms with van der Waals surface area (Å²) >= 11 is 0. The number of rotatable bonds is 0. The maximum atomic E-state index is 8.25. The molecule has 0 aliphatic heterocycles. The number of nitrogens with zero attached hydrogens (tertiary/aromatic N) is 3. The van der Waals surface area contributed by atoms with Gasteiger partial charge < -0.3 is 67.9 Å². The minimum absolute atomic E-state index is 0. The van der Waals surface area contributed by atoms with Crippen LogP contribution >= 0.6 is 0 Å². The van der Waals surface area contributed by atoms with E-state index < -0.39 is 15.3 Å². The zero-order chi connectivity index (χ0) is 10.7. The summed E-state index contributed by atoms with van der Waals surface area (Å²) in [6.45, 7) is 0. The summed E-state index contributed by atoms with van der Waals surface area (Å²) in [5.74, 6) is 0. The Morgan fingerprint density at radius 3 is 0.471 bits per heavy atom. The third kappa shape index (κ3) is 1250. The molecule has 0 aliphatic carbocycles.